The Labute approximate surface area is 199 Å². The summed E-state index contributed by atoms with van der Waals surface area (Å²) in [6.07, 6.45) is 3.71. The fourth-order valence-electron chi connectivity index (χ4n) is 4.26. The number of para-hydroxylation sites is 2. The second-order valence-corrected chi connectivity index (χ2v) is 9.37. The van der Waals surface area contributed by atoms with Crippen LogP contribution in [0.2, 0.25) is 0 Å². The number of rotatable bonds is 9. The molecule has 0 spiro atoms. The molecule has 2 heterocycles. The lowest BCUT2D eigenvalue weighted by molar-refractivity contribution is 0.0940. The van der Waals surface area contributed by atoms with E-state index in [9.17, 15) is 9.18 Å². The number of fused-ring (bicyclic) bond motifs is 2. The van der Waals surface area contributed by atoms with Gasteiger partial charge < -0.3 is 15.6 Å². The molecule has 0 aliphatic heterocycles. The average Bonchev–Trinajstić information content (AvgIpc) is 3.07. The Morgan fingerprint density at radius 3 is 2.38 bits per heavy atom. The average molecular weight is 462 g/mol. The first-order chi connectivity index (χ1) is 16.3. The van der Waals surface area contributed by atoms with Gasteiger partial charge in [0.1, 0.15) is 22.7 Å². The number of benzene rings is 2. The van der Waals surface area contributed by atoms with Gasteiger partial charge in [-0.15, -0.1) is 0 Å². The van der Waals surface area contributed by atoms with Crippen LogP contribution in [0.5, 0.6) is 0 Å². The first kappa shape index (κ1) is 23.7. The van der Waals surface area contributed by atoms with E-state index in [1.165, 1.54) is 12.1 Å². The van der Waals surface area contributed by atoms with Crippen molar-refractivity contribution < 1.29 is 9.18 Å². The molecule has 7 heteroatoms. The predicted octanol–water partition coefficient (Wildman–Crippen LogP) is 5.49. The first-order valence-electron chi connectivity index (χ1n) is 11.9. The Morgan fingerprint density at radius 1 is 1.03 bits per heavy atom. The van der Waals surface area contributed by atoms with Crippen molar-refractivity contribution in [3.05, 3.63) is 65.5 Å². The molecule has 0 aliphatic rings. The number of amides is 1. The minimum Gasteiger partial charge on any atom is -0.384 e. The molecule has 3 N–H and O–H groups in total. The number of anilines is 1. The van der Waals surface area contributed by atoms with Crippen LogP contribution in [0.4, 0.5) is 10.2 Å². The van der Waals surface area contributed by atoms with E-state index in [0.29, 0.717) is 46.9 Å². The molecule has 0 aliphatic carbocycles. The van der Waals surface area contributed by atoms with E-state index in [1.807, 2.05) is 35.8 Å². The van der Waals surface area contributed by atoms with Crippen molar-refractivity contribution in [2.24, 2.45) is 5.92 Å². The van der Waals surface area contributed by atoms with E-state index in [4.69, 9.17) is 15.7 Å². The van der Waals surface area contributed by atoms with Gasteiger partial charge in [-0.1, -0.05) is 51.0 Å². The molecule has 178 valence electrons. The molecule has 34 heavy (non-hydrogen) atoms. The van der Waals surface area contributed by atoms with Crippen LogP contribution in [0.3, 0.4) is 0 Å². The molecule has 0 saturated carbocycles. The fraction of sp³-hybridized carbons (Fsp3) is 0.370. The standard InChI is InChI=1S/C27H32FN5O/c1-17(2)7-6-8-18(3)30-27(34)23-24-26(32-22-10-5-4-9-21(22)31-24)33(25(23)29)16-15-19-11-13-20(28)14-12-19/h4-5,9-14,17-18H,6-8,15-16,29H2,1-3H3,(H,30,34)/t18-/m0/s1. The molecular weight excluding hydrogens is 429 g/mol. The number of nitrogens with zero attached hydrogens (tertiary/aromatic N) is 3. The second kappa shape index (κ2) is 10.2. The van der Waals surface area contributed by atoms with Crippen molar-refractivity contribution in [2.75, 3.05) is 5.73 Å². The van der Waals surface area contributed by atoms with Crippen LogP contribution in [0.15, 0.2) is 48.5 Å². The second-order valence-electron chi connectivity index (χ2n) is 9.37. The maximum Gasteiger partial charge on any atom is 0.257 e. The minimum absolute atomic E-state index is 0.0247. The molecule has 0 unspecified atom stereocenters. The van der Waals surface area contributed by atoms with Crippen molar-refractivity contribution in [3.63, 3.8) is 0 Å². The van der Waals surface area contributed by atoms with Crippen molar-refractivity contribution in [3.8, 4) is 0 Å². The molecule has 1 atom stereocenters. The van der Waals surface area contributed by atoms with Crippen LogP contribution in [0, 0.1) is 11.7 Å². The van der Waals surface area contributed by atoms with Crippen LogP contribution in [-0.4, -0.2) is 26.5 Å². The Balaban J connectivity index is 1.67. The zero-order valence-electron chi connectivity index (χ0n) is 20.0. The minimum atomic E-state index is -0.270. The molecule has 1 amide bonds. The Bertz CT molecular complexity index is 1300. The van der Waals surface area contributed by atoms with E-state index in [0.717, 1.165) is 30.3 Å². The highest BCUT2D eigenvalue weighted by Crippen LogP contribution is 2.28. The quantitative estimate of drug-likeness (QED) is 0.345. The number of carbonyl (C=O) groups excluding carboxylic acids is 1. The van der Waals surface area contributed by atoms with Gasteiger partial charge in [0.2, 0.25) is 0 Å². The Kier molecular flexibility index (Phi) is 7.10. The van der Waals surface area contributed by atoms with Gasteiger partial charge in [-0.3, -0.25) is 4.79 Å². The molecule has 4 rings (SSSR count). The van der Waals surface area contributed by atoms with Gasteiger partial charge in [0.25, 0.3) is 5.91 Å². The molecule has 0 bridgehead atoms. The topological polar surface area (TPSA) is 85.8 Å². The summed E-state index contributed by atoms with van der Waals surface area (Å²) in [4.78, 5) is 22.9. The number of hydrogen-bond donors (Lipinski definition) is 2. The summed E-state index contributed by atoms with van der Waals surface area (Å²) >= 11 is 0. The SMILES string of the molecule is CC(C)CCC[C@H](C)NC(=O)c1c(N)n(CCc2ccc(F)cc2)c2nc3ccccc3nc12. The van der Waals surface area contributed by atoms with Gasteiger partial charge in [-0.2, -0.15) is 0 Å². The van der Waals surface area contributed by atoms with E-state index in [2.05, 4.69) is 19.2 Å². The molecule has 0 saturated heterocycles. The third-order valence-corrected chi connectivity index (χ3v) is 6.15. The lowest BCUT2D eigenvalue weighted by Gasteiger charge is -2.14. The Hall–Kier alpha value is -3.48. The van der Waals surface area contributed by atoms with Gasteiger partial charge in [0.15, 0.2) is 5.65 Å². The maximum absolute atomic E-state index is 13.3. The predicted molar refractivity (Wildman–Crippen MR) is 135 cm³/mol. The number of nitrogens with one attached hydrogen (secondary N) is 1. The third-order valence-electron chi connectivity index (χ3n) is 6.15. The number of halogens is 1. The molecule has 0 fully saturated rings. The number of nitrogen functional groups attached to an aromatic ring is 1. The van der Waals surface area contributed by atoms with Crippen LogP contribution in [0.25, 0.3) is 22.2 Å². The summed E-state index contributed by atoms with van der Waals surface area (Å²) in [5, 5.41) is 3.10. The highest BCUT2D eigenvalue weighted by atomic mass is 19.1. The van der Waals surface area contributed by atoms with E-state index >= 15 is 0 Å². The Morgan fingerprint density at radius 2 is 1.71 bits per heavy atom. The normalized spacial score (nSPS) is 12.5. The van der Waals surface area contributed by atoms with Crippen molar-refractivity contribution in [2.45, 2.75) is 59.0 Å². The van der Waals surface area contributed by atoms with Gasteiger partial charge in [0, 0.05) is 12.6 Å². The number of aromatic nitrogens is 3. The molecule has 6 nitrogen and oxygen atoms in total. The third kappa shape index (κ3) is 5.19. The van der Waals surface area contributed by atoms with E-state index < -0.39 is 0 Å². The fourth-order valence-corrected chi connectivity index (χ4v) is 4.26. The summed E-state index contributed by atoms with van der Waals surface area (Å²) in [7, 11) is 0. The molecular formula is C27H32FN5O. The number of hydrogen-bond acceptors (Lipinski definition) is 4. The van der Waals surface area contributed by atoms with Crippen molar-refractivity contribution in [1.82, 2.24) is 19.9 Å². The lowest BCUT2D eigenvalue weighted by Crippen LogP contribution is -2.33. The van der Waals surface area contributed by atoms with Gasteiger partial charge >= 0.3 is 0 Å². The van der Waals surface area contributed by atoms with Gasteiger partial charge in [0.05, 0.1) is 11.0 Å². The number of nitrogens with two attached hydrogens (primary N) is 1. The zero-order chi connectivity index (χ0) is 24.2. The summed E-state index contributed by atoms with van der Waals surface area (Å²) in [5.41, 5.74) is 10.4. The van der Waals surface area contributed by atoms with E-state index in [1.54, 1.807) is 12.1 Å². The maximum atomic E-state index is 13.3. The van der Waals surface area contributed by atoms with Crippen LogP contribution < -0.4 is 11.1 Å². The van der Waals surface area contributed by atoms with Gasteiger partial charge in [-0.05, 0) is 55.5 Å². The van der Waals surface area contributed by atoms with E-state index in [-0.39, 0.29) is 17.8 Å². The summed E-state index contributed by atoms with van der Waals surface area (Å²) in [6, 6.07) is 14.0. The zero-order valence-corrected chi connectivity index (χ0v) is 20.0. The lowest BCUT2D eigenvalue weighted by atomic mass is 10.0. The first-order valence-corrected chi connectivity index (χ1v) is 11.9. The molecule has 2 aromatic carbocycles. The van der Waals surface area contributed by atoms with Crippen LogP contribution >= 0.6 is 0 Å². The summed E-state index contributed by atoms with van der Waals surface area (Å²) in [6.45, 7) is 6.92. The summed E-state index contributed by atoms with van der Waals surface area (Å²) < 4.78 is 15.1. The largest absolute Gasteiger partial charge is 0.384 e. The monoisotopic (exact) mass is 461 g/mol. The van der Waals surface area contributed by atoms with Gasteiger partial charge in [-0.25, -0.2) is 14.4 Å². The van der Waals surface area contributed by atoms with Crippen LogP contribution in [0.1, 0.15) is 56.0 Å². The van der Waals surface area contributed by atoms with Crippen molar-refractivity contribution in [1.29, 1.82) is 0 Å². The number of aryl methyl sites for hydroxylation is 2. The number of carbonyl (C=O) groups is 1. The summed E-state index contributed by atoms with van der Waals surface area (Å²) in [5.74, 6) is 0.485. The highest BCUT2D eigenvalue weighted by molar-refractivity contribution is 6.10. The van der Waals surface area contributed by atoms with Crippen LogP contribution in [-0.2, 0) is 13.0 Å². The molecule has 4 aromatic rings. The molecule has 2 aromatic heterocycles. The van der Waals surface area contributed by atoms with Crippen molar-refractivity contribution >= 4 is 33.9 Å². The smallest absolute Gasteiger partial charge is 0.257 e. The molecule has 0 radical (unpaired) electrons. The highest BCUT2D eigenvalue weighted by Gasteiger charge is 2.24.